The minimum absolute atomic E-state index is 0.0448. The van der Waals surface area contributed by atoms with Gasteiger partial charge in [0.15, 0.2) is 5.90 Å². The highest BCUT2D eigenvalue weighted by Crippen LogP contribution is 2.45. The Labute approximate surface area is 363 Å². The number of aliphatic hydroxyl groups is 1. The fourth-order valence-corrected chi connectivity index (χ4v) is 9.60. The van der Waals surface area contributed by atoms with Gasteiger partial charge in [0.25, 0.3) is 12.2 Å². The van der Waals surface area contributed by atoms with Gasteiger partial charge in [-0.05, 0) is 141 Å². The van der Waals surface area contributed by atoms with Crippen LogP contribution in [-0.4, -0.2) is 92.3 Å². The number of fused-ring (bicyclic) bond motifs is 2. The van der Waals surface area contributed by atoms with Crippen molar-refractivity contribution in [2.24, 2.45) is 4.99 Å². The lowest BCUT2D eigenvalue weighted by Gasteiger charge is -2.38. The van der Waals surface area contributed by atoms with Crippen molar-refractivity contribution in [3.05, 3.63) is 97.8 Å². The van der Waals surface area contributed by atoms with Gasteiger partial charge < -0.3 is 24.6 Å². The molecule has 3 aromatic carbocycles. The van der Waals surface area contributed by atoms with E-state index >= 15 is 4.39 Å². The molecule has 3 saturated heterocycles. The average molecular weight is 852 g/mol. The zero-order valence-corrected chi connectivity index (χ0v) is 37.1. The highest BCUT2D eigenvalue weighted by atomic mass is 19.1. The molecule has 62 heavy (non-hydrogen) atoms. The van der Waals surface area contributed by atoms with Crippen molar-refractivity contribution in [2.75, 3.05) is 32.8 Å². The molecule has 0 spiro atoms. The molecule has 4 aliphatic rings. The van der Waals surface area contributed by atoms with Crippen LogP contribution in [0.25, 0.3) is 34.4 Å². The largest absolute Gasteiger partial charge is 0.492 e. The quantitative estimate of drug-likeness (QED) is 0.0497. The maximum Gasteiger partial charge on any atom is 0.290 e. The van der Waals surface area contributed by atoms with E-state index in [1.807, 2.05) is 53.8 Å². The van der Waals surface area contributed by atoms with Crippen molar-refractivity contribution in [1.82, 2.24) is 14.8 Å². The highest BCUT2D eigenvalue weighted by Gasteiger charge is 2.50. The van der Waals surface area contributed by atoms with Crippen molar-refractivity contribution < 1.29 is 33.8 Å². The lowest BCUT2D eigenvalue weighted by Crippen LogP contribution is -2.48. The number of hydrogen-bond acceptors (Lipinski definition) is 10. The molecule has 3 atom stereocenters. The number of aliphatic imine (C=N–C) groups is 1. The van der Waals surface area contributed by atoms with E-state index < -0.39 is 10.5 Å². The van der Waals surface area contributed by atoms with E-state index in [4.69, 9.17) is 29.4 Å². The minimum atomic E-state index is -0.876. The summed E-state index contributed by atoms with van der Waals surface area (Å²) >= 11 is 0. The number of non-ortho nitro benzene ring substituents is 1. The molecule has 3 aliphatic heterocycles. The molecule has 0 radical (unpaired) electrons. The van der Waals surface area contributed by atoms with Crippen LogP contribution in [0.1, 0.15) is 109 Å². The topological polar surface area (TPSA) is 151 Å². The van der Waals surface area contributed by atoms with Gasteiger partial charge in [-0.1, -0.05) is 39.5 Å². The molecular weight excluding hydrogens is 790 g/mol. The summed E-state index contributed by atoms with van der Waals surface area (Å²) in [6, 6.07) is 14.4. The van der Waals surface area contributed by atoms with Gasteiger partial charge in [0.05, 0.1) is 21.8 Å². The third-order valence-corrected chi connectivity index (χ3v) is 12.9. The highest BCUT2D eigenvalue weighted by molar-refractivity contribution is 5.99. The van der Waals surface area contributed by atoms with Crippen molar-refractivity contribution in [3.8, 4) is 17.0 Å². The minimum Gasteiger partial charge on any atom is -0.492 e. The van der Waals surface area contributed by atoms with Gasteiger partial charge in [-0.3, -0.25) is 24.8 Å². The molecule has 4 aromatic rings. The molecule has 0 bridgehead atoms. The number of hydrogen-bond donors (Lipinski definition) is 2. The van der Waals surface area contributed by atoms with Crippen LogP contribution < -0.4 is 15.2 Å². The first kappa shape index (κ1) is 46.1. The Balaban J connectivity index is 0.00000123. The fourth-order valence-electron chi connectivity index (χ4n) is 9.60. The molecular formula is C49H62FN5O7. The molecule has 12 nitrogen and oxygen atoms in total. The van der Waals surface area contributed by atoms with Gasteiger partial charge in [0, 0.05) is 55.2 Å². The lowest BCUT2D eigenvalue weighted by molar-refractivity contribution is -0.384. The third kappa shape index (κ3) is 9.94. The van der Waals surface area contributed by atoms with E-state index in [2.05, 4.69) is 28.5 Å². The van der Waals surface area contributed by atoms with Gasteiger partial charge in [-0.25, -0.2) is 4.39 Å². The van der Waals surface area contributed by atoms with E-state index in [0.717, 1.165) is 96.1 Å². The predicted octanol–water partition coefficient (Wildman–Crippen LogP) is 8.26. The average Bonchev–Trinajstić information content (AvgIpc) is 3.94. The molecule has 4 heterocycles. The van der Waals surface area contributed by atoms with E-state index in [1.165, 1.54) is 17.7 Å². The molecule has 0 amide bonds. The first-order valence-corrected chi connectivity index (χ1v) is 22.1. The number of likely N-dealkylation sites (tertiary alicyclic amines) is 1. The zero-order valence-electron chi connectivity index (χ0n) is 37.1. The number of carbonyl (C=O) groups is 1. The Morgan fingerprint density at radius 1 is 1.10 bits per heavy atom. The summed E-state index contributed by atoms with van der Waals surface area (Å²) in [5.41, 5.74) is 3.67. The van der Waals surface area contributed by atoms with Gasteiger partial charge in [0.2, 0.25) is 0 Å². The first-order chi connectivity index (χ1) is 29.8. The molecule has 1 aliphatic carbocycles. The number of nitro benzene ring substituents is 1. The predicted molar refractivity (Wildman–Crippen MR) is 242 cm³/mol. The van der Waals surface area contributed by atoms with Crippen LogP contribution in [0.3, 0.4) is 0 Å². The first-order valence-electron chi connectivity index (χ1n) is 22.1. The standard InChI is InChI=1S/C46H54FN5O5.C2H6.CH2O2/c1-6-38-41(47)16-11-33-23-34(32-9-10-32)24-39(42(33)38)43-30(3)29(2)40(25-48-43)44(50-21-7-18-45(5,53)27-50)49-31(4)57-28-46-19-8-22-51(46)36(17-20-46)26-56-37-14-12-35(13-15-37)52(54)55;1-2;2-1-3/h11-16,23-25,32,36,53H,2,6-10,17-22,26-28H2,1,3-5H3;1-2H3;1H,(H,2,3)/b44-40+,49-31+;;/t36?,45-,46+;;/m1../s1. The van der Waals surface area contributed by atoms with Crippen molar-refractivity contribution >= 4 is 41.2 Å². The number of pyridine rings is 1. The zero-order chi connectivity index (χ0) is 44.8. The molecule has 8 rings (SSSR count). The number of halogens is 1. The fraction of sp³-hybridized carbons (Fsp3) is 0.490. The van der Waals surface area contributed by atoms with Crippen molar-refractivity contribution in [2.45, 2.75) is 122 Å². The Kier molecular flexibility index (Phi) is 14.7. The molecule has 332 valence electrons. The van der Waals surface area contributed by atoms with Gasteiger partial charge >= 0.3 is 0 Å². The summed E-state index contributed by atoms with van der Waals surface area (Å²) < 4.78 is 28.0. The number of piperidine rings is 1. The van der Waals surface area contributed by atoms with Crippen LogP contribution in [0, 0.1) is 22.9 Å². The van der Waals surface area contributed by atoms with E-state index in [0.29, 0.717) is 61.5 Å². The van der Waals surface area contributed by atoms with Gasteiger partial charge in [-0.2, -0.15) is 4.99 Å². The number of aryl methyl sites for hydroxylation is 1. The van der Waals surface area contributed by atoms with Crippen molar-refractivity contribution in [3.63, 3.8) is 0 Å². The summed E-state index contributed by atoms with van der Waals surface area (Å²) in [5, 5.41) is 32.7. The van der Waals surface area contributed by atoms with Crippen LogP contribution in [0.15, 0.2) is 59.7 Å². The molecule has 2 N–H and O–H groups in total. The maximum absolute atomic E-state index is 15.3. The summed E-state index contributed by atoms with van der Waals surface area (Å²) in [6.07, 6.45) is 10.3. The number of ether oxygens (including phenoxy) is 2. The summed E-state index contributed by atoms with van der Waals surface area (Å²) in [4.78, 5) is 34.0. The smallest absolute Gasteiger partial charge is 0.290 e. The van der Waals surface area contributed by atoms with Crippen LogP contribution in [0.2, 0.25) is 0 Å². The van der Waals surface area contributed by atoms with Crippen LogP contribution in [-0.2, 0) is 16.0 Å². The third-order valence-electron chi connectivity index (χ3n) is 12.9. The van der Waals surface area contributed by atoms with Crippen LogP contribution >= 0.6 is 0 Å². The Morgan fingerprint density at radius 2 is 1.81 bits per heavy atom. The van der Waals surface area contributed by atoms with Crippen LogP contribution in [0.5, 0.6) is 5.75 Å². The Bertz CT molecular complexity index is 2400. The van der Waals surface area contributed by atoms with Gasteiger partial charge in [0.1, 0.15) is 30.6 Å². The van der Waals surface area contributed by atoms with Crippen molar-refractivity contribution in [1.29, 1.82) is 0 Å². The summed E-state index contributed by atoms with van der Waals surface area (Å²) in [6.45, 7) is 19.3. The number of nitro groups is 1. The number of β-amino-alcohol motifs (C(OH)–C–C–N with tert-alkyl or cyclic N) is 1. The van der Waals surface area contributed by atoms with E-state index in [1.54, 1.807) is 18.2 Å². The second-order valence-electron chi connectivity index (χ2n) is 17.1. The molecule has 1 aromatic heterocycles. The molecule has 1 saturated carbocycles. The molecule has 4 fully saturated rings. The Morgan fingerprint density at radius 3 is 2.47 bits per heavy atom. The monoisotopic (exact) mass is 851 g/mol. The summed E-state index contributed by atoms with van der Waals surface area (Å²) in [5.74, 6) is 2.16. The number of nitrogens with zero attached hydrogens (tertiary/aromatic N) is 5. The maximum atomic E-state index is 15.3. The van der Waals surface area contributed by atoms with E-state index in [-0.39, 0.29) is 29.6 Å². The number of carboxylic acid groups (broad SMARTS) is 1. The normalized spacial score (nSPS) is 22.8. The molecule has 13 heteroatoms. The SMILES string of the molecule is C=c1c(C)c(-c2cc(C3CC3)cc3ccc(F)c(CC)c23)nc/c1=C(/N=C(\C)OC[C@@]12CCCN1C(COc1ccc([N+](=O)[O-])cc1)CC2)N1CCC[C@@](C)(O)C1.CC.O=CO. The van der Waals surface area contributed by atoms with E-state index in [9.17, 15) is 15.2 Å². The van der Waals surface area contributed by atoms with Crippen LogP contribution in [0.4, 0.5) is 10.1 Å². The molecule has 1 unspecified atom stereocenters. The van der Waals surface area contributed by atoms with Gasteiger partial charge in [-0.15, -0.1) is 0 Å². The lowest BCUT2D eigenvalue weighted by atomic mass is 9.90. The second-order valence-corrected chi connectivity index (χ2v) is 17.1. The summed E-state index contributed by atoms with van der Waals surface area (Å²) in [7, 11) is 0. The second kappa shape index (κ2) is 19.8. The Hall–Kier alpha value is -5.40. The number of rotatable bonds is 11. The number of aromatic nitrogens is 1. The number of benzene rings is 3.